The quantitative estimate of drug-likeness (QED) is 0.614. The number of hydrogen-bond acceptors (Lipinski definition) is 3. The third kappa shape index (κ3) is 3.81. The zero-order valence-electron chi connectivity index (χ0n) is 11.2. The smallest absolute Gasteiger partial charge is 0.302 e. The normalized spacial score (nSPS) is 13.8. The summed E-state index contributed by atoms with van der Waals surface area (Å²) in [5, 5.41) is 0. The van der Waals surface area contributed by atoms with Gasteiger partial charge in [-0.15, -0.1) is 0 Å². The maximum Gasteiger partial charge on any atom is 0.302 e. The van der Waals surface area contributed by atoms with Gasteiger partial charge in [0.25, 0.3) is 0 Å². The molecule has 1 aliphatic heterocycles. The van der Waals surface area contributed by atoms with Crippen LogP contribution < -0.4 is 0 Å². The van der Waals surface area contributed by atoms with Crippen molar-refractivity contribution in [2.24, 2.45) is 0 Å². The van der Waals surface area contributed by atoms with Gasteiger partial charge in [-0.3, -0.25) is 9.59 Å². The van der Waals surface area contributed by atoms with Gasteiger partial charge in [0.1, 0.15) is 0 Å². The molecule has 0 spiro atoms. The van der Waals surface area contributed by atoms with Crippen molar-refractivity contribution in [3.63, 3.8) is 0 Å². The summed E-state index contributed by atoms with van der Waals surface area (Å²) in [7, 11) is 0. The lowest BCUT2D eigenvalue weighted by Gasteiger charge is -2.28. The van der Waals surface area contributed by atoms with Gasteiger partial charge in [-0.1, -0.05) is 24.3 Å². The molecule has 0 unspecified atom stereocenters. The van der Waals surface area contributed by atoms with Gasteiger partial charge in [0.2, 0.25) is 5.91 Å². The number of fused-ring (bicyclic) bond motifs is 1. The van der Waals surface area contributed by atoms with Crippen LogP contribution in [-0.4, -0.2) is 29.9 Å². The van der Waals surface area contributed by atoms with Crippen LogP contribution in [0.3, 0.4) is 0 Å². The molecule has 0 atom stereocenters. The molecule has 1 aliphatic rings. The maximum atomic E-state index is 12.0. The molecule has 1 aromatic rings. The van der Waals surface area contributed by atoms with Crippen molar-refractivity contribution in [1.82, 2.24) is 4.90 Å². The first-order valence-corrected chi connectivity index (χ1v) is 6.65. The molecule has 0 aliphatic carbocycles. The molecule has 0 saturated carbocycles. The standard InChI is InChI=1S/C15H19NO3/c1-12(17)19-10-4-7-15(18)16-9-8-13-5-2-3-6-14(13)11-16/h2-3,5-6H,4,7-11H2,1H3. The minimum absolute atomic E-state index is 0.140. The second-order valence-corrected chi connectivity index (χ2v) is 4.78. The number of ether oxygens (including phenoxy) is 1. The first-order valence-electron chi connectivity index (χ1n) is 6.65. The van der Waals surface area contributed by atoms with Gasteiger partial charge in [0.05, 0.1) is 6.61 Å². The van der Waals surface area contributed by atoms with E-state index in [4.69, 9.17) is 4.74 Å². The van der Waals surface area contributed by atoms with Crippen LogP contribution in [0.15, 0.2) is 24.3 Å². The Morgan fingerprint density at radius 3 is 2.74 bits per heavy atom. The second kappa shape index (κ2) is 6.36. The molecule has 4 nitrogen and oxygen atoms in total. The summed E-state index contributed by atoms with van der Waals surface area (Å²) in [5.41, 5.74) is 2.58. The Morgan fingerprint density at radius 1 is 1.26 bits per heavy atom. The zero-order valence-corrected chi connectivity index (χ0v) is 11.2. The number of esters is 1. The Kier molecular flexibility index (Phi) is 4.55. The van der Waals surface area contributed by atoms with E-state index in [0.29, 0.717) is 26.0 Å². The van der Waals surface area contributed by atoms with E-state index in [-0.39, 0.29) is 11.9 Å². The Labute approximate surface area is 113 Å². The molecule has 1 amide bonds. The maximum absolute atomic E-state index is 12.0. The number of carbonyl (C=O) groups excluding carboxylic acids is 2. The van der Waals surface area contributed by atoms with Crippen molar-refractivity contribution in [3.8, 4) is 0 Å². The molecule has 4 heteroatoms. The van der Waals surface area contributed by atoms with Crippen LogP contribution in [-0.2, 0) is 27.3 Å². The second-order valence-electron chi connectivity index (χ2n) is 4.78. The van der Waals surface area contributed by atoms with Crippen LogP contribution in [0.2, 0.25) is 0 Å². The number of carbonyl (C=O) groups is 2. The lowest BCUT2D eigenvalue weighted by atomic mass is 10.00. The summed E-state index contributed by atoms with van der Waals surface area (Å²) in [5.74, 6) is -0.152. The highest BCUT2D eigenvalue weighted by Crippen LogP contribution is 2.19. The number of benzene rings is 1. The number of amides is 1. The van der Waals surface area contributed by atoms with Crippen LogP contribution in [0.25, 0.3) is 0 Å². The molecule has 1 aromatic carbocycles. The zero-order chi connectivity index (χ0) is 13.7. The van der Waals surface area contributed by atoms with Crippen LogP contribution in [0, 0.1) is 0 Å². The molecule has 0 radical (unpaired) electrons. The fourth-order valence-corrected chi connectivity index (χ4v) is 2.31. The van der Waals surface area contributed by atoms with Crippen molar-refractivity contribution >= 4 is 11.9 Å². The largest absolute Gasteiger partial charge is 0.466 e. The van der Waals surface area contributed by atoms with Gasteiger partial charge >= 0.3 is 5.97 Å². The minimum atomic E-state index is -0.292. The van der Waals surface area contributed by atoms with Gasteiger partial charge in [-0.05, 0) is 24.0 Å². The van der Waals surface area contributed by atoms with Crippen molar-refractivity contribution in [3.05, 3.63) is 35.4 Å². The molecule has 0 bridgehead atoms. The van der Waals surface area contributed by atoms with E-state index in [0.717, 1.165) is 13.0 Å². The number of hydrogen-bond donors (Lipinski definition) is 0. The van der Waals surface area contributed by atoms with Crippen molar-refractivity contribution in [1.29, 1.82) is 0 Å². The number of nitrogens with zero attached hydrogens (tertiary/aromatic N) is 1. The lowest BCUT2D eigenvalue weighted by molar-refractivity contribution is -0.142. The third-order valence-corrected chi connectivity index (χ3v) is 3.32. The first kappa shape index (κ1) is 13.6. The van der Waals surface area contributed by atoms with E-state index in [9.17, 15) is 9.59 Å². The summed E-state index contributed by atoms with van der Waals surface area (Å²) in [4.78, 5) is 24.5. The van der Waals surface area contributed by atoms with Crippen LogP contribution in [0.5, 0.6) is 0 Å². The van der Waals surface area contributed by atoms with E-state index in [1.807, 2.05) is 17.0 Å². The summed E-state index contributed by atoms with van der Waals surface area (Å²) in [6.45, 7) is 3.18. The highest BCUT2D eigenvalue weighted by atomic mass is 16.5. The van der Waals surface area contributed by atoms with Gasteiger partial charge in [-0.2, -0.15) is 0 Å². The SMILES string of the molecule is CC(=O)OCCCC(=O)N1CCc2ccccc2C1. The summed E-state index contributed by atoms with van der Waals surface area (Å²) in [6.07, 6.45) is 1.96. The van der Waals surface area contributed by atoms with E-state index < -0.39 is 0 Å². The van der Waals surface area contributed by atoms with Crippen LogP contribution in [0.1, 0.15) is 30.9 Å². The molecular formula is C15H19NO3. The van der Waals surface area contributed by atoms with Crippen LogP contribution >= 0.6 is 0 Å². The molecule has 19 heavy (non-hydrogen) atoms. The molecule has 1 heterocycles. The molecular weight excluding hydrogens is 242 g/mol. The number of rotatable bonds is 4. The van der Waals surface area contributed by atoms with E-state index >= 15 is 0 Å². The average Bonchev–Trinajstić information content (AvgIpc) is 2.42. The Bertz CT molecular complexity index is 470. The Hall–Kier alpha value is -1.84. The van der Waals surface area contributed by atoms with Crippen molar-refractivity contribution < 1.29 is 14.3 Å². The predicted octanol–water partition coefficient (Wildman–Crippen LogP) is 1.91. The van der Waals surface area contributed by atoms with E-state index in [1.54, 1.807) is 0 Å². The molecule has 0 fully saturated rings. The van der Waals surface area contributed by atoms with Gasteiger partial charge in [0.15, 0.2) is 0 Å². The summed E-state index contributed by atoms with van der Waals surface area (Å²) >= 11 is 0. The molecule has 102 valence electrons. The van der Waals surface area contributed by atoms with E-state index in [2.05, 4.69) is 12.1 Å². The fourth-order valence-electron chi connectivity index (χ4n) is 2.31. The highest BCUT2D eigenvalue weighted by Gasteiger charge is 2.19. The van der Waals surface area contributed by atoms with E-state index in [1.165, 1.54) is 18.1 Å². The summed E-state index contributed by atoms with van der Waals surface area (Å²) < 4.78 is 4.83. The Morgan fingerprint density at radius 2 is 2.00 bits per heavy atom. The molecule has 2 rings (SSSR count). The van der Waals surface area contributed by atoms with Gasteiger partial charge in [-0.25, -0.2) is 0 Å². The third-order valence-electron chi connectivity index (χ3n) is 3.32. The molecule has 0 aromatic heterocycles. The van der Waals surface area contributed by atoms with Gasteiger partial charge < -0.3 is 9.64 Å². The summed E-state index contributed by atoms with van der Waals surface area (Å²) in [6, 6.07) is 8.24. The van der Waals surface area contributed by atoms with Crippen LogP contribution in [0.4, 0.5) is 0 Å². The molecule has 0 N–H and O–H groups in total. The minimum Gasteiger partial charge on any atom is -0.466 e. The topological polar surface area (TPSA) is 46.6 Å². The highest BCUT2D eigenvalue weighted by molar-refractivity contribution is 5.76. The average molecular weight is 261 g/mol. The van der Waals surface area contributed by atoms with Crippen molar-refractivity contribution in [2.45, 2.75) is 32.7 Å². The lowest BCUT2D eigenvalue weighted by Crippen LogP contribution is -2.35. The predicted molar refractivity (Wildman–Crippen MR) is 71.4 cm³/mol. The Balaban J connectivity index is 1.80. The van der Waals surface area contributed by atoms with Crippen molar-refractivity contribution in [2.75, 3.05) is 13.2 Å². The van der Waals surface area contributed by atoms with Gasteiger partial charge in [0, 0.05) is 26.4 Å². The molecule has 0 saturated heterocycles. The monoisotopic (exact) mass is 261 g/mol. The first-order chi connectivity index (χ1) is 9.16. The fraction of sp³-hybridized carbons (Fsp3) is 0.467.